The van der Waals surface area contributed by atoms with Crippen LogP contribution in [0.2, 0.25) is 0 Å². The Morgan fingerprint density at radius 3 is 2.08 bits per heavy atom. The fourth-order valence-corrected chi connectivity index (χ4v) is 4.13. The molecule has 0 atom stereocenters. The van der Waals surface area contributed by atoms with Crippen LogP contribution in [-0.2, 0) is 6.18 Å². The topological polar surface area (TPSA) is 46.5 Å². The van der Waals surface area contributed by atoms with Gasteiger partial charge < -0.3 is 0 Å². The molecular weight excluding hydrogens is 597 g/mol. The van der Waals surface area contributed by atoms with Gasteiger partial charge in [0.05, 0.1) is 22.6 Å². The summed E-state index contributed by atoms with van der Waals surface area (Å²) in [6, 6.07) is 20.9. The Labute approximate surface area is 223 Å². The Balaban J connectivity index is 0.000000197. The number of nitrogens with zero attached hydrogens (tertiary/aromatic N) is 3. The summed E-state index contributed by atoms with van der Waals surface area (Å²) in [6.07, 6.45) is -0.963. The molecule has 0 bridgehead atoms. The van der Waals surface area contributed by atoms with Crippen LogP contribution in [0.25, 0.3) is 28.2 Å². The maximum Gasteiger partial charge on any atom is 0.416 e. The number of alkyl halides is 3. The molecule has 0 amide bonds. The quantitative estimate of drug-likeness (QED) is 0.220. The van der Waals surface area contributed by atoms with E-state index in [1.807, 2.05) is 31.2 Å². The number of aromatic amines is 1. The zero-order valence-electron chi connectivity index (χ0n) is 19.3. The smallest absolute Gasteiger partial charge is 0.278 e. The van der Waals surface area contributed by atoms with Gasteiger partial charge in [-0.15, -0.1) is 0 Å². The van der Waals surface area contributed by atoms with E-state index in [2.05, 4.69) is 72.3 Å². The average molecular weight is 618 g/mol. The van der Waals surface area contributed by atoms with Gasteiger partial charge in [-0.05, 0) is 67.4 Å². The van der Waals surface area contributed by atoms with Crippen molar-refractivity contribution in [3.05, 3.63) is 111 Å². The first-order chi connectivity index (χ1) is 17.1. The van der Waals surface area contributed by atoms with E-state index in [4.69, 9.17) is 0 Å². The Morgan fingerprint density at radius 1 is 0.806 bits per heavy atom. The van der Waals surface area contributed by atoms with Gasteiger partial charge in [-0.2, -0.15) is 23.4 Å². The second-order valence-electron chi connectivity index (χ2n) is 8.09. The van der Waals surface area contributed by atoms with Crippen LogP contribution in [0, 0.1) is 13.8 Å². The van der Waals surface area contributed by atoms with Crippen LogP contribution >= 0.6 is 31.9 Å². The fourth-order valence-electron chi connectivity index (χ4n) is 3.38. The number of benzene rings is 3. The summed E-state index contributed by atoms with van der Waals surface area (Å²) in [4.78, 5) is 0. The molecular formula is C27H21Br2F3N4. The summed E-state index contributed by atoms with van der Waals surface area (Å²) in [6.45, 7) is 4.05. The van der Waals surface area contributed by atoms with Crippen LogP contribution in [0.5, 0.6) is 0 Å². The highest BCUT2D eigenvalue weighted by Gasteiger charge is 2.30. The molecule has 3 aromatic carbocycles. The van der Waals surface area contributed by atoms with Gasteiger partial charge in [-0.25, -0.2) is 4.68 Å². The molecule has 0 aliphatic rings. The van der Waals surface area contributed by atoms with Gasteiger partial charge in [0, 0.05) is 32.5 Å². The van der Waals surface area contributed by atoms with Crippen LogP contribution < -0.4 is 0 Å². The molecule has 0 unspecified atom stereocenters. The van der Waals surface area contributed by atoms with E-state index >= 15 is 0 Å². The van der Waals surface area contributed by atoms with Crippen molar-refractivity contribution in [2.24, 2.45) is 0 Å². The largest absolute Gasteiger partial charge is 0.416 e. The predicted molar refractivity (Wildman–Crippen MR) is 143 cm³/mol. The normalized spacial score (nSPS) is 11.2. The summed E-state index contributed by atoms with van der Waals surface area (Å²) >= 11 is 6.96. The number of aryl methyl sites for hydroxylation is 2. The van der Waals surface area contributed by atoms with Crippen LogP contribution in [-0.4, -0.2) is 20.0 Å². The average Bonchev–Trinajstić information content (AvgIpc) is 3.56. The first kappa shape index (κ1) is 25.9. The van der Waals surface area contributed by atoms with Crippen LogP contribution in [0.15, 0.2) is 94.1 Å². The van der Waals surface area contributed by atoms with Gasteiger partial charge in [0.15, 0.2) is 0 Å². The Morgan fingerprint density at radius 2 is 1.47 bits per heavy atom. The standard InChI is InChI=1S/C17H12BrF3N2.C10H9BrN2/c1-11-5-6-12(9-15(11)18)16-7-8-23(22-16)14-4-2-3-13(10-14)17(19,20)21;1-7-2-3-8(6-9(7)11)10-4-5-12-13-10/h2-10H,1H3;2-6H,1H3,(H,12,13). The minimum atomic E-state index is -4.37. The molecule has 0 aliphatic carbocycles. The highest BCUT2D eigenvalue weighted by molar-refractivity contribution is 9.10. The van der Waals surface area contributed by atoms with Crippen molar-refractivity contribution in [2.75, 3.05) is 0 Å². The molecule has 5 rings (SSSR count). The molecule has 0 spiro atoms. The Hall–Kier alpha value is -3.17. The summed E-state index contributed by atoms with van der Waals surface area (Å²) in [5.41, 5.74) is 5.81. The molecule has 9 heteroatoms. The molecule has 4 nitrogen and oxygen atoms in total. The molecule has 0 fully saturated rings. The Bertz CT molecular complexity index is 1470. The van der Waals surface area contributed by atoms with E-state index in [0.29, 0.717) is 11.4 Å². The molecule has 0 radical (unpaired) electrons. The van der Waals surface area contributed by atoms with Crippen molar-refractivity contribution in [1.82, 2.24) is 20.0 Å². The van der Waals surface area contributed by atoms with Crippen molar-refractivity contribution in [3.8, 4) is 28.2 Å². The predicted octanol–water partition coefficient (Wildman–Crippen LogP) is 8.78. The zero-order valence-corrected chi connectivity index (χ0v) is 22.5. The lowest BCUT2D eigenvalue weighted by Crippen LogP contribution is -2.06. The lowest BCUT2D eigenvalue weighted by molar-refractivity contribution is -0.137. The summed E-state index contributed by atoms with van der Waals surface area (Å²) in [7, 11) is 0. The van der Waals surface area contributed by atoms with Crippen molar-refractivity contribution >= 4 is 31.9 Å². The molecule has 0 saturated heterocycles. The highest BCUT2D eigenvalue weighted by atomic mass is 79.9. The summed E-state index contributed by atoms with van der Waals surface area (Å²) in [5, 5.41) is 11.2. The van der Waals surface area contributed by atoms with Gasteiger partial charge in [0.25, 0.3) is 0 Å². The monoisotopic (exact) mass is 616 g/mol. The van der Waals surface area contributed by atoms with E-state index < -0.39 is 11.7 Å². The number of H-pyrrole nitrogens is 1. The van der Waals surface area contributed by atoms with Gasteiger partial charge in [-0.3, -0.25) is 5.10 Å². The Kier molecular flexibility index (Phi) is 7.80. The number of hydrogen-bond acceptors (Lipinski definition) is 2. The molecule has 5 aromatic rings. The molecule has 0 aliphatic heterocycles. The maximum absolute atomic E-state index is 12.8. The third-order valence-electron chi connectivity index (χ3n) is 5.48. The van der Waals surface area contributed by atoms with Crippen LogP contribution in [0.3, 0.4) is 0 Å². The van der Waals surface area contributed by atoms with Gasteiger partial charge in [0.1, 0.15) is 0 Å². The van der Waals surface area contributed by atoms with E-state index in [1.54, 1.807) is 24.5 Å². The summed E-state index contributed by atoms with van der Waals surface area (Å²) < 4.78 is 41.9. The summed E-state index contributed by atoms with van der Waals surface area (Å²) in [5.74, 6) is 0. The first-order valence-electron chi connectivity index (χ1n) is 10.9. The SMILES string of the molecule is Cc1ccc(-c2ccn(-c3cccc(C(F)(F)F)c3)n2)cc1Br.Cc1ccc(-c2ccn[nH]2)cc1Br. The minimum Gasteiger partial charge on any atom is -0.278 e. The molecule has 0 saturated carbocycles. The highest BCUT2D eigenvalue weighted by Crippen LogP contribution is 2.31. The van der Waals surface area contributed by atoms with Gasteiger partial charge in [-0.1, -0.05) is 62.2 Å². The molecule has 1 N–H and O–H groups in total. The minimum absolute atomic E-state index is 0.372. The first-order valence-corrected chi connectivity index (χ1v) is 12.5. The van der Waals surface area contributed by atoms with E-state index in [-0.39, 0.29) is 0 Å². The number of rotatable bonds is 3. The molecule has 2 aromatic heterocycles. The van der Waals surface area contributed by atoms with E-state index in [0.717, 1.165) is 43.5 Å². The van der Waals surface area contributed by atoms with E-state index in [1.165, 1.54) is 16.3 Å². The van der Waals surface area contributed by atoms with Crippen LogP contribution in [0.1, 0.15) is 16.7 Å². The molecule has 2 heterocycles. The zero-order chi connectivity index (χ0) is 25.9. The lowest BCUT2D eigenvalue weighted by atomic mass is 10.1. The second-order valence-corrected chi connectivity index (χ2v) is 9.80. The van der Waals surface area contributed by atoms with Crippen LogP contribution in [0.4, 0.5) is 13.2 Å². The van der Waals surface area contributed by atoms with Gasteiger partial charge >= 0.3 is 6.18 Å². The van der Waals surface area contributed by atoms with E-state index in [9.17, 15) is 13.2 Å². The third-order valence-corrected chi connectivity index (χ3v) is 7.19. The fraction of sp³-hybridized carbons (Fsp3) is 0.111. The van der Waals surface area contributed by atoms with Crippen molar-refractivity contribution in [3.63, 3.8) is 0 Å². The number of halogens is 5. The van der Waals surface area contributed by atoms with Crippen molar-refractivity contribution in [2.45, 2.75) is 20.0 Å². The third kappa shape index (κ3) is 6.14. The second kappa shape index (κ2) is 10.8. The van der Waals surface area contributed by atoms with Crippen molar-refractivity contribution in [1.29, 1.82) is 0 Å². The van der Waals surface area contributed by atoms with Gasteiger partial charge in [0.2, 0.25) is 0 Å². The lowest BCUT2D eigenvalue weighted by Gasteiger charge is -2.08. The maximum atomic E-state index is 12.8. The number of nitrogens with one attached hydrogen (secondary N) is 1. The molecule has 184 valence electrons. The number of aromatic nitrogens is 4. The van der Waals surface area contributed by atoms with Crippen molar-refractivity contribution < 1.29 is 13.2 Å². The number of hydrogen-bond donors (Lipinski definition) is 1. The molecule has 36 heavy (non-hydrogen) atoms.